The quantitative estimate of drug-likeness (QED) is 0.258. The molecular weight excluding hydrogens is 482 g/mol. The number of pyridine rings is 1. The highest BCUT2D eigenvalue weighted by atomic mass is 35.5. The first-order valence-corrected chi connectivity index (χ1v) is 11.6. The van der Waals surface area contributed by atoms with Crippen molar-refractivity contribution in [3.05, 3.63) is 95.6 Å². The molecule has 0 saturated carbocycles. The van der Waals surface area contributed by atoms with E-state index in [0.29, 0.717) is 35.5 Å². The smallest absolute Gasteiger partial charge is 0.374 e. The van der Waals surface area contributed by atoms with Gasteiger partial charge in [0.05, 0.1) is 29.4 Å². The van der Waals surface area contributed by atoms with Crippen LogP contribution in [0.5, 0.6) is 5.75 Å². The van der Waals surface area contributed by atoms with Crippen LogP contribution in [0.3, 0.4) is 0 Å². The monoisotopic (exact) mass is 503 g/mol. The summed E-state index contributed by atoms with van der Waals surface area (Å²) in [7, 11) is 0. The molecule has 1 aromatic carbocycles. The van der Waals surface area contributed by atoms with Gasteiger partial charge in [-0.05, 0) is 55.5 Å². The second-order valence-electron chi connectivity index (χ2n) is 7.77. The Labute approximate surface area is 211 Å². The van der Waals surface area contributed by atoms with Crippen molar-refractivity contribution in [2.75, 3.05) is 11.9 Å². The highest BCUT2D eigenvalue weighted by Crippen LogP contribution is 2.31. The van der Waals surface area contributed by atoms with E-state index in [1.807, 2.05) is 41.1 Å². The summed E-state index contributed by atoms with van der Waals surface area (Å²) in [5.41, 5.74) is 3.08. The predicted molar refractivity (Wildman–Crippen MR) is 135 cm³/mol. The number of carbonyl (C=O) groups is 1. The van der Waals surface area contributed by atoms with Gasteiger partial charge in [-0.2, -0.15) is 0 Å². The maximum absolute atomic E-state index is 11.9. The van der Waals surface area contributed by atoms with Crippen molar-refractivity contribution in [2.45, 2.75) is 20.1 Å². The van der Waals surface area contributed by atoms with E-state index in [1.165, 1.54) is 6.33 Å². The normalized spacial score (nSPS) is 10.9. The standard InChI is InChI=1S/C26H22ClN5O4/c1-2-34-26(33)23-9-7-19(36-23)14-32-12-10-21-24(32)25(30-16-29-21)31-17-6-8-22(20(27)13-17)35-15-18-5-3-4-11-28-18/h3-13,16H,2,14-15H2,1H3,(H,29,30,31). The van der Waals surface area contributed by atoms with Crippen LogP contribution in [-0.2, 0) is 17.9 Å². The summed E-state index contributed by atoms with van der Waals surface area (Å²) >= 11 is 6.47. The highest BCUT2D eigenvalue weighted by molar-refractivity contribution is 6.32. The summed E-state index contributed by atoms with van der Waals surface area (Å²) in [5, 5.41) is 3.77. The van der Waals surface area contributed by atoms with E-state index < -0.39 is 5.97 Å². The maximum atomic E-state index is 11.9. The Kier molecular flexibility index (Phi) is 6.81. The van der Waals surface area contributed by atoms with Gasteiger partial charge in [-0.3, -0.25) is 4.98 Å². The molecule has 0 amide bonds. The lowest BCUT2D eigenvalue weighted by molar-refractivity contribution is 0.0488. The van der Waals surface area contributed by atoms with Crippen LogP contribution in [0.15, 0.2) is 77.7 Å². The number of nitrogens with one attached hydrogen (secondary N) is 1. The number of nitrogens with zero attached hydrogens (tertiary/aromatic N) is 4. The van der Waals surface area contributed by atoms with Gasteiger partial charge >= 0.3 is 5.97 Å². The van der Waals surface area contributed by atoms with Gasteiger partial charge in [0.25, 0.3) is 0 Å². The largest absolute Gasteiger partial charge is 0.486 e. The van der Waals surface area contributed by atoms with Gasteiger partial charge in [0.15, 0.2) is 5.82 Å². The molecule has 10 heteroatoms. The molecule has 5 rings (SSSR count). The molecule has 5 aromatic rings. The lowest BCUT2D eigenvalue weighted by Gasteiger charge is -2.12. The highest BCUT2D eigenvalue weighted by Gasteiger charge is 2.15. The summed E-state index contributed by atoms with van der Waals surface area (Å²) in [6.45, 7) is 2.73. The lowest BCUT2D eigenvalue weighted by atomic mass is 10.3. The second-order valence-corrected chi connectivity index (χ2v) is 8.17. The van der Waals surface area contributed by atoms with E-state index in [2.05, 4.69) is 20.3 Å². The molecule has 0 aliphatic heterocycles. The molecule has 0 spiro atoms. The van der Waals surface area contributed by atoms with E-state index in [4.69, 9.17) is 25.5 Å². The second kappa shape index (κ2) is 10.5. The molecule has 1 N–H and O–H groups in total. The molecule has 4 heterocycles. The van der Waals surface area contributed by atoms with Crippen LogP contribution in [0.1, 0.15) is 28.9 Å². The van der Waals surface area contributed by atoms with Crippen molar-refractivity contribution in [1.82, 2.24) is 19.5 Å². The van der Waals surface area contributed by atoms with Gasteiger partial charge in [0.1, 0.15) is 30.0 Å². The number of aromatic nitrogens is 4. The van der Waals surface area contributed by atoms with Crippen LogP contribution in [0.25, 0.3) is 11.0 Å². The molecule has 0 aliphatic rings. The molecule has 0 unspecified atom stereocenters. The fraction of sp³-hybridized carbons (Fsp3) is 0.154. The molecule has 4 aromatic heterocycles. The van der Waals surface area contributed by atoms with Gasteiger partial charge in [0.2, 0.25) is 5.76 Å². The molecule has 0 aliphatic carbocycles. The number of ether oxygens (including phenoxy) is 2. The topological polar surface area (TPSA) is 104 Å². The Morgan fingerprint density at radius 2 is 2.03 bits per heavy atom. The first-order chi connectivity index (χ1) is 17.6. The zero-order chi connectivity index (χ0) is 24.9. The third-order valence-electron chi connectivity index (χ3n) is 5.31. The van der Waals surface area contributed by atoms with Crippen LogP contribution >= 0.6 is 11.6 Å². The number of benzene rings is 1. The average molecular weight is 504 g/mol. The molecule has 0 radical (unpaired) electrons. The van der Waals surface area contributed by atoms with Crippen molar-refractivity contribution in [1.29, 1.82) is 0 Å². The molecule has 36 heavy (non-hydrogen) atoms. The molecule has 0 fully saturated rings. The summed E-state index contributed by atoms with van der Waals surface area (Å²) in [4.78, 5) is 25.0. The fourth-order valence-corrected chi connectivity index (χ4v) is 3.90. The number of halogens is 1. The predicted octanol–water partition coefficient (Wildman–Crippen LogP) is 5.62. The van der Waals surface area contributed by atoms with Crippen LogP contribution in [0.4, 0.5) is 11.5 Å². The summed E-state index contributed by atoms with van der Waals surface area (Å²) in [5.74, 6) is 1.43. The molecular formula is C26H22ClN5O4. The van der Waals surface area contributed by atoms with Gasteiger partial charge in [0, 0.05) is 18.1 Å². The number of hydrogen-bond acceptors (Lipinski definition) is 8. The van der Waals surface area contributed by atoms with E-state index in [9.17, 15) is 4.79 Å². The van der Waals surface area contributed by atoms with Crippen LogP contribution in [0.2, 0.25) is 5.02 Å². The summed E-state index contributed by atoms with van der Waals surface area (Å²) in [6.07, 6.45) is 5.10. The van der Waals surface area contributed by atoms with Gasteiger partial charge in [-0.15, -0.1) is 0 Å². The fourth-order valence-electron chi connectivity index (χ4n) is 3.67. The zero-order valence-corrected chi connectivity index (χ0v) is 20.1. The lowest BCUT2D eigenvalue weighted by Crippen LogP contribution is -2.04. The Morgan fingerprint density at radius 3 is 2.83 bits per heavy atom. The van der Waals surface area contributed by atoms with E-state index in [0.717, 1.165) is 22.4 Å². The average Bonchev–Trinajstić information content (AvgIpc) is 3.53. The first-order valence-electron chi connectivity index (χ1n) is 11.3. The Balaban J connectivity index is 1.34. The number of furan rings is 1. The molecule has 0 saturated heterocycles. The number of rotatable bonds is 9. The van der Waals surface area contributed by atoms with Crippen molar-refractivity contribution >= 4 is 40.1 Å². The number of hydrogen-bond donors (Lipinski definition) is 1. The Bertz CT molecular complexity index is 1500. The number of fused-ring (bicyclic) bond motifs is 1. The van der Waals surface area contributed by atoms with Crippen LogP contribution < -0.4 is 10.1 Å². The van der Waals surface area contributed by atoms with Crippen molar-refractivity contribution < 1.29 is 18.7 Å². The maximum Gasteiger partial charge on any atom is 0.374 e. The molecule has 0 bridgehead atoms. The van der Waals surface area contributed by atoms with E-state index in [1.54, 1.807) is 37.4 Å². The van der Waals surface area contributed by atoms with Gasteiger partial charge in [-0.25, -0.2) is 14.8 Å². The molecule has 182 valence electrons. The Hall–Kier alpha value is -4.37. The minimum absolute atomic E-state index is 0.165. The van der Waals surface area contributed by atoms with Crippen molar-refractivity contribution in [2.24, 2.45) is 0 Å². The van der Waals surface area contributed by atoms with E-state index >= 15 is 0 Å². The number of anilines is 2. The SMILES string of the molecule is CCOC(=O)c1ccc(Cn2ccc3ncnc(Nc4ccc(OCc5ccccn5)c(Cl)c4)c32)o1. The Morgan fingerprint density at radius 1 is 1.11 bits per heavy atom. The number of carbonyl (C=O) groups excluding carboxylic acids is 1. The molecule has 9 nitrogen and oxygen atoms in total. The first kappa shape index (κ1) is 23.4. The minimum Gasteiger partial charge on any atom is -0.486 e. The van der Waals surface area contributed by atoms with E-state index in [-0.39, 0.29) is 12.4 Å². The summed E-state index contributed by atoms with van der Waals surface area (Å²) < 4.78 is 18.4. The van der Waals surface area contributed by atoms with Gasteiger partial charge < -0.3 is 23.8 Å². The van der Waals surface area contributed by atoms with Crippen molar-refractivity contribution in [3.63, 3.8) is 0 Å². The third kappa shape index (κ3) is 5.16. The number of esters is 1. The zero-order valence-electron chi connectivity index (χ0n) is 19.3. The van der Waals surface area contributed by atoms with Crippen LogP contribution in [0, 0.1) is 0 Å². The molecule has 0 atom stereocenters. The minimum atomic E-state index is -0.490. The van der Waals surface area contributed by atoms with Crippen LogP contribution in [-0.4, -0.2) is 32.1 Å². The third-order valence-corrected chi connectivity index (χ3v) is 5.61. The summed E-state index contributed by atoms with van der Waals surface area (Å²) in [6, 6.07) is 16.3. The van der Waals surface area contributed by atoms with Crippen molar-refractivity contribution in [3.8, 4) is 5.75 Å². The van der Waals surface area contributed by atoms with Gasteiger partial charge in [-0.1, -0.05) is 17.7 Å².